The molecular formula is C30H28F3NO4. The van der Waals surface area contributed by atoms with Crippen LogP contribution in [-0.4, -0.2) is 23.4 Å². The van der Waals surface area contributed by atoms with Crippen molar-refractivity contribution in [2.75, 3.05) is 11.5 Å². The number of Topliss-reactive ketones (excluding diaryl/α,β-unsaturated/α-hetero) is 1. The van der Waals surface area contributed by atoms with E-state index in [4.69, 9.17) is 4.74 Å². The summed E-state index contributed by atoms with van der Waals surface area (Å²) < 4.78 is 46.2. The van der Waals surface area contributed by atoms with Gasteiger partial charge in [-0.15, -0.1) is 0 Å². The number of hydrogen-bond donors (Lipinski definition) is 1. The highest BCUT2D eigenvalue weighted by molar-refractivity contribution is 6.51. The van der Waals surface area contributed by atoms with Gasteiger partial charge in [0.2, 0.25) is 0 Å². The highest BCUT2D eigenvalue weighted by Crippen LogP contribution is 2.44. The van der Waals surface area contributed by atoms with Crippen LogP contribution in [0.3, 0.4) is 0 Å². The largest absolute Gasteiger partial charge is 0.507 e. The lowest BCUT2D eigenvalue weighted by molar-refractivity contribution is -0.137. The summed E-state index contributed by atoms with van der Waals surface area (Å²) in [6.45, 7) is 8.04. The summed E-state index contributed by atoms with van der Waals surface area (Å²) in [4.78, 5) is 27.7. The van der Waals surface area contributed by atoms with Crippen LogP contribution in [0.4, 0.5) is 18.9 Å². The molecule has 1 N–H and O–H groups in total. The van der Waals surface area contributed by atoms with Gasteiger partial charge in [0.05, 0.1) is 23.8 Å². The molecule has 1 aliphatic heterocycles. The second-order valence-electron chi connectivity index (χ2n) is 9.47. The molecule has 3 aromatic rings. The van der Waals surface area contributed by atoms with Gasteiger partial charge in [-0.25, -0.2) is 0 Å². The highest BCUT2D eigenvalue weighted by Gasteiger charge is 2.47. The number of aliphatic hydroxyl groups excluding tert-OH is 1. The molecule has 0 spiro atoms. The lowest BCUT2D eigenvalue weighted by Gasteiger charge is -2.26. The molecule has 5 nitrogen and oxygen atoms in total. The fourth-order valence-corrected chi connectivity index (χ4v) is 4.68. The molecule has 1 heterocycles. The molecule has 0 bridgehead atoms. The van der Waals surface area contributed by atoms with Gasteiger partial charge < -0.3 is 9.84 Å². The van der Waals surface area contributed by atoms with Crippen LogP contribution >= 0.6 is 0 Å². The van der Waals surface area contributed by atoms with Crippen molar-refractivity contribution in [3.63, 3.8) is 0 Å². The van der Waals surface area contributed by atoms with E-state index < -0.39 is 35.2 Å². The van der Waals surface area contributed by atoms with Crippen LogP contribution in [0.5, 0.6) is 5.75 Å². The van der Waals surface area contributed by atoms with E-state index in [0.29, 0.717) is 23.5 Å². The fourth-order valence-electron chi connectivity index (χ4n) is 4.68. The fraction of sp³-hybridized carbons (Fsp3) is 0.267. The molecule has 1 amide bonds. The Morgan fingerprint density at radius 2 is 1.74 bits per heavy atom. The molecule has 1 saturated heterocycles. The average Bonchev–Trinajstić information content (AvgIpc) is 3.13. The van der Waals surface area contributed by atoms with Crippen molar-refractivity contribution >= 4 is 23.1 Å². The van der Waals surface area contributed by atoms with Gasteiger partial charge >= 0.3 is 6.18 Å². The van der Waals surface area contributed by atoms with Crippen LogP contribution < -0.4 is 9.64 Å². The number of anilines is 1. The molecule has 38 heavy (non-hydrogen) atoms. The molecule has 0 aliphatic carbocycles. The quantitative estimate of drug-likeness (QED) is 0.211. The van der Waals surface area contributed by atoms with Gasteiger partial charge in [0.15, 0.2) is 0 Å². The summed E-state index contributed by atoms with van der Waals surface area (Å²) >= 11 is 0. The summed E-state index contributed by atoms with van der Waals surface area (Å²) in [5.74, 6) is -1.74. The van der Waals surface area contributed by atoms with E-state index in [1.807, 2.05) is 33.8 Å². The maximum atomic E-state index is 13.5. The maximum Gasteiger partial charge on any atom is 0.416 e. The number of halogens is 3. The third-order valence-electron chi connectivity index (χ3n) is 6.46. The molecule has 198 valence electrons. The molecule has 3 aromatic carbocycles. The predicted molar refractivity (Wildman–Crippen MR) is 139 cm³/mol. The van der Waals surface area contributed by atoms with Crippen molar-refractivity contribution in [1.29, 1.82) is 0 Å². The molecular weight excluding hydrogens is 495 g/mol. The van der Waals surface area contributed by atoms with Crippen LogP contribution in [0.25, 0.3) is 5.76 Å². The first-order chi connectivity index (χ1) is 17.9. The third kappa shape index (κ3) is 5.03. The van der Waals surface area contributed by atoms with E-state index in [1.165, 1.54) is 12.1 Å². The van der Waals surface area contributed by atoms with E-state index >= 15 is 0 Å². The monoisotopic (exact) mass is 523 g/mol. The number of amides is 1. The van der Waals surface area contributed by atoms with Crippen molar-refractivity contribution in [3.8, 4) is 5.75 Å². The van der Waals surface area contributed by atoms with Gasteiger partial charge in [-0.05, 0) is 67.3 Å². The van der Waals surface area contributed by atoms with Crippen molar-refractivity contribution in [3.05, 3.63) is 100 Å². The minimum Gasteiger partial charge on any atom is -0.507 e. The van der Waals surface area contributed by atoms with Crippen LogP contribution in [0.1, 0.15) is 60.5 Å². The highest BCUT2D eigenvalue weighted by atomic mass is 19.4. The molecule has 0 aromatic heterocycles. The summed E-state index contributed by atoms with van der Waals surface area (Å²) in [7, 11) is 0. The lowest BCUT2D eigenvalue weighted by atomic mass is 9.92. The number of aliphatic hydroxyl groups is 1. The Labute approximate surface area is 219 Å². The van der Waals surface area contributed by atoms with Gasteiger partial charge in [0.1, 0.15) is 11.5 Å². The van der Waals surface area contributed by atoms with Crippen LogP contribution in [0.15, 0.2) is 72.3 Å². The van der Waals surface area contributed by atoms with Gasteiger partial charge in [-0.1, -0.05) is 49.7 Å². The van der Waals surface area contributed by atoms with Crippen molar-refractivity contribution in [2.24, 2.45) is 0 Å². The Morgan fingerprint density at radius 1 is 1.03 bits per heavy atom. The first-order valence-electron chi connectivity index (χ1n) is 12.3. The molecule has 4 rings (SSSR count). The number of carbonyl (C=O) groups is 2. The normalized spacial score (nSPS) is 17.4. The standard InChI is InChI=1S/C30H28F3NO4/c1-5-38-24-13-12-20(15-23(24)17(2)3)27(35)25-26(19-9-6-8-18(4)14-19)34(29(37)28(25)36)22-11-7-10-21(16-22)30(31,32)33/h6-17,26,35H,5H2,1-4H3/b27-25-. The van der Waals surface area contributed by atoms with Crippen molar-refractivity contribution < 1.29 is 32.6 Å². The summed E-state index contributed by atoms with van der Waals surface area (Å²) in [6.07, 6.45) is -4.64. The second-order valence-corrected chi connectivity index (χ2v) is 9.47. The van der Waals surface area contributed by atoms with Gasteiger partial charge in [0, 0.05) is 11.3 Å². The first kappa shape index (κ1) is 27.0. The minimum atomic E-state index is -4.64. The number of carbonyl (C=O) groups excluding carboxylic acids is 2. The second kappa shape index (κ2) is 10.4. The van der Waals surface area contributed by atoms with Gasteiger partial charge in [0.25, 0.3) is 11.7 Å². The number of ether oxygens (including phenoxy) is 1. The SMILES string of the molecule is CCOc1ccc(/C(O)=C2/C(=O)C(=O)N(c3cccc(C(F)(F)F)c3)C2c2cccc(C)c2)cc1C(C)C. The zero-order valence-electron chi connectivity index (χ0n) is 21.5. The minimum absolute atomic E-state index is 0.0318. The van der Waals surface area contributed by atoms with Crippen molar-refractivity contribution in [1.82, 2.24) is 0 Å². The Balaban J connectivity index is 1.95. The Hall–Kier alpha value is -4.07. The molecule has 1 atom stereocenters. The number of nitrogens with zero attached hydrogens (tertiary/aromatic N) is 1. The number of rotatable bonds is 6. The smallest absolute Gasteiger partial charge is 0.416 e. The summed E-state index contributed by atoms with van der Waals surface area (Å²) in [5.41, 5.74) is 1.16. The molecule has 8 heteroatoms. The first-order valence-corrected chi connectivity index (χ1v) is 12.3. The number of alkyl halides is 3. The summed E-state index contributed by atoms with van der Waals surface area (Å²) in [6, 6.07) is 15.1. The number of hydrogen-bond acceptors (Lipinski definition) is 4. The third-order valence-corrected chi connectivity index (χ3v) is 6.46. The van der Waals surface area contributed by atoms with E-state index in [2.05, 4.69) is 0 Å². The maximum absolute atomic E-state index is 13.5. The Morgan fingerprint density at radius 3 is 2.37 bits per heavy atom. The predicted octanol–water partition coefficient (Wildman–Crippen LogP) is 7.16. The zero-order valence-corrected chi connectivity index (χ0v) is 21.5. The lowest BCUT2D eigenvalue weighted by Crippen LogP contribution is -2.29. The number of aryl methyl sites for hydroxylation is 1. The van der Waals surface area contributed by atoms with E-state index in [-0.39, 0.29) is 17.2 Å². The van der Waals surface area contributed by atoms with Crippen LogP contribution in [0, 0.1) is 6.92 Å². The molecule has 1 fully saturated rings. The van der Waals surface area contributed by atoms with E-state index in [0.717, 1.165) is 28.2 Å². The summed E-state index contributed by atoms with van der Waals surface area (Å²) in [5, 5.41) is 11.4. The average molecular weight is 524 g/mol. The molecule has 0 radical (unpaired) electrons. The Kier molecular flexibility index (Phi) is 7.35. The van der Waals surface area contributed by atoms with Crippen molar-refractivity contribution in [2.45, 2.75) is 45.8 Å². The molecule has 1 aliphatic rings. The van der Waals surface area contributed by atoms with Gasteiger partial charge in [-0.3, -0.25) is 14.5 Å². The Bertz CT molecular complexity index is 1420. The van der Waals surface area contributed by atoms with E-state index in [1.54, 1.807) is 36.4 Å². The van der Waals surface area contributed by atoms with Gasteiger partial charge in [-0.2, -0.15) is 13.2 Å². The molecule has 0 saturated carbocycles. The number of benzene rings is 3. The van der Waals surface area contributed by atoms with Crippen LogP contribution in [0.2, 0.25) is 0 Å². The topological polar surface area (TPSA) is 66.8 Å². The molecule has 1 unspecified atom stereocenters. The van der Waals surface area contributed by atoms with E-state index in [9.17, 15) is 27.9 Å². The zero-order chi connectivity index (χ0) is 27.8. The number of ketones is 1. The van der Waals surface area contributed by atoms with Crippen LogP contribution in [-0.2, 0) is 15.8 Å².